The Balaban J connectivity index is 1.14. The summed E-state index contributed by atoms with van der Waals surface area (Å²) in [6.07, 6.45) is -0.550. The van der Waals surface area contributed by atoms with Gasteiger partial charge in [0.2, 0.25) is 17.7 Å². The summed E-state index contributed by atoms with van der Waals surface area (Å²) in [6.45, 7) is 6.51. The molecule has 0 radical (unpaired) electrons. The standard InChI is InChI=1S/C47H75N9O17/c1-3-13-48-40(60)12-17-67-21-23-69-25-26-70-24-22-68-18-15-56-31-37(52-54-56)35-10-8-34(9-11-35)27-41(61)49-29-39(59)44(63)45-43(50-42(62)32-57)38(58)28-47(73-45,46(64)65)72-16-7-5-4-6-14-55-30-36(51-53-55)33-71-20-19-66-2/h8-11,30-31,38-39,43-45,57-59,63H,3-7,12-29,32-33H2,1-2H3,(H,48,60)(H,49,61)(H,50,62)(H,64,65)/t38-,39+,43+,44+,45+,47+/m0/s1. The smallest absolute Gasteiger partial charge is 0.364 e. The first-order valence-electron chi connectivity index (χ1n) is 24.7. The molecule has 1 saturated heterocycles. The van der Waals surface area contributed by atoms with Crippen molar-refractivity contribution in [1.29, 1.82) is 0 Å². The number of carboxylic acid groups (broad SMARTS) is 1. The second-order valence-electron chi connectivity index (χ2n) is 17.1. The van der Waals surface area contributed by atoms with E-state index >= 15 is 0 Å². The minimum Gasteiger partial charge on any atom is -0.477 e. The molecule has 4 rings (SSSR count). The number of aromatic nitrogens is 6. The molecular weight excluding hydrogens is 963 g/mol. The van der Waals surface area contributed by atoms with Gasteiger partial charge in [0.1, 0.15) is 30.2 Å². The first kappa shape index (κ1) is 60.5. The maximum Gasteiger partial charge on any atom is 0.364 e. The molecule has 3 amide bonds. The zero-order chi connectivity index (χ0) is 52.7. The van der Waals surface area contributed by atoms with Crippen LogP contribution in [0.5, 0.6) is 0 Å². The van der Waals surface area contributed by atoms with Gasteiger partial charge in [-0.2, -0.15) is 0 Å². The molecule has 8 N–H and O–H groups in total. The van der Waals surface area contributed by atoms with E-state index in [1.807, 2.05) is 6.92 Å². The average molecular weight is 1040 g/mol. The maximum absolute atomic E-state index is 13.0. The van der Waals surface area contributed by atoms with E-state index in [1.165, 1.54) is 0 Å². The molecule has 26 heteroatoms. The maximum atomic E-state index is 13.0. The number of aryl methyl sites for hydroxylation is 1. The molecule has 1 aliphatic heterocycles. The second-order valence-corrected chi connectivity index (χ2v) is 17.1. The van der Waals surface area contributed by atoms with Crippen LogP contribution in [-0.2, 0) is 83.2 Å². The van der Waals surface area contributed by atoms with E-state index in [2.05, 4.69) is 36.6 Å². The van der Waals surface area contributed by atoms with Crippen LogP contribution < -0.4 is 16.0 Å². The van der Waals surface area contributed by atoms with Gasteiger partial charge in [0.25, 0.3) is 5.79 Å². The molecule has 1 aliphatic rings. The van der Waals surface area contributed by atoms with Crippen LogP contribution in [0.15, 0.2) is 36.7 Å². The number of unbranched alkanes of at least 4 members (excludes halogenated alkanes) is 3. The van der Waals surface area contributed by atoms with Crippen LogP contribution in [0.1, 0.15) is 63.1 Å². The minimum atomic E-state index is -2.46. The van der Waals surface area contributed by atoms with Crippen LogP contribution in [-0.4, -0.2) is 215 Å². The molecule has 6 atom stereocenters. The number of carbonyl (C=O) groups excluding carboxylic acids is 3. The molecule has 2 aromatic heterocycles. The van der Waals surface area contributed by atoms with Gasteiger partial charge in [0, 0.05) is 45.1 Å². The summed E-state index contributed by atoms with van der Waals surface area (Å²) in [5.41, 5.74) is 2.67. The molecule has 0 bridgehead atoms. The summed E-state index contributed by atoms with van der Waals surface area (Å²) in [5, 5.41) is 77.3. The molecule has 0 aliphatic carbocycles. The Labute approximate surface area is 424 Å². The summed E-state index contributed by atoms with van der Waals surface area (Å²) in [6, 6.07) is 5.54. The van der Waals surface area contributed by atoms with E-state index < -0.39 is 73.6 Å². The number of aliphatic carboxylic acids is 1. The third-order valence-electron chi connectivity index (χ3n) is 11.3. The van der Waals surface area contributed by atoms with Crippen LogP contribution in [0.2, 0.25) is 0 Å². The lowest BCUT2D eigenvalue weighted by atomic mass is 9.88. The third-order valence-corrected chi connectivity index (χ3v) is 11.3. The van der Waals surface area contributed by atoms with Gasteiger partial charge in [-0.3, -0.25) is 19.1 Å². The predicted molar refractivity (Wildman–Crippen MR) is 256 cm³/mol. The lowest BCUT2D eigenvalue weighted by molar-refractivity contribution is -0.310. The molecule has 0 saturated carbocycles. The lowest BCUT2D eigenvalue weighted by Gasteiger charge is -2.46. The van der Waals surface area contributed by atoms with Gasteiger partial charge in [0.15, 0.2) is 0 Å². The summed E-state index contributed by atoms with van der Waals surface area (Å²) < 4.78 is 47.3. The van der Waals surface area contributed by atoms with Gasteiger partial charge in [-0.1, -0.05) is 54.5 Å². The summed E-state index contributed by atoms with van der Waals surface area (Å²) in [5.74, 6) is -5.56. The first-order valence-corrected chi connectivity index (χ1v) is 24.7. The Kier molecular flexibility index (Phi) is 28.5. The number of carbonyl (C=O) groups is 4. The van der Waals surface area contributed by atoms with E-state index in [9.17, 15) is 44.7 Å². The van der Waals surface area contributed by atoms with Crippen molar-refractivity contribution in [3.63, 3.8) is 0 Å². The Morgan fingerprint density at radius 1 is 0.781 bits per heavy atom. The highest BCUT2D eigenvalue weighted by Crippen LogP contribution is 2.34. The molecule has 3 aromatic rings. The van der Waals surface area contributed by atoms with Gasteiger partial charge >= 0.3 is 5.97 Å². The Hall–Kier alpha value is -5.10. The van der Waals surface area contributed by atoms with Crippen molar-refractivity contribution in [3.05, 3.63) is 47.9 Å². The van der Waals surface area contributed by atoms with E-state index in [0.29, 0.717) is 129 Å². The molecule has 0 spiro atoms. The molecule has 73 heavy (non-hydrogen) atoms. The monoisotopic (exact) mass is 1040 g/mol. The molecule has 410 valence electrons. The molecule has 0 unspecified atom stereocenters. The number of amides is 3. The first-order chi connectivity index (χ1) is 35.4. The van der Waals surface area contributed by atoms with Crippen molar-refractivity contribution in [1.82, 2.24) is 45.9 Å². The number of aliphatic hydroxyl groups excluding tert-OH is 4. The van der Waals surface area contributed by atoms with Crippen LogP contribution >= 0.6 is 0 Å². The van der Waals surface area contributed by atoms with E-state index in [4.69, 9.17) is 37.9 Å². The number of benzene rings is 1. The fourth-order valence-corrected chi connectivity index (χ4v) is 7.32. The van der Waals surface area contributed by atoms with Crippen molar-refractivity contribution in [2.45, 2.75) is 114 Å². The Morgan fingerprint density at radius 3 is 2.12 bits per heavy atom. The predicted octanol–water partition coefficient (Wildman–Crippen LogP) is -1.25. The number of rotatable bonds is 40. The number of nitrogens with one attached hydrogen (secondary N) is 3. The highest BCUT2D eigenvalue weighted by molar-refractivity contribution is 5.79. The number of hydrogen-bond acceptors (Lipinski definition) is 20. The largest absolute Gasteiger partial charge is 0.477 e. The number of methoxy groups -OCH3 is 1. The molecule has 26 nitrogen and oxygen atoms in total. The third kappa shape index (κ3) is 22.5. The average Bonchev–Trinajstić information content (AvgIpc) is 4.06. The van der Waals surface area contributed by atoms with Crippen molar-refractivity contribution in [3.8, 4) is 11.3 Å². The quantitative estimate of drug-likeness (QED) is 0.0309. The van der Waals surface area contributed by atoms with E-state index in [1.54, 1.807) is 53.1 Å². The molecule has 1 fully saturated rings. The van der Waals surface area contributed by atoms with Crippen molar-refractivity contribution in [2.24, 2.45) is 0 Å². The van der Waals surface area contributed by atoms with Crippen molar-refractivity contribution < 1.29 is 82.6 Å². The zero-order valence-electron chi connectivity index (χ0n) is 41.8. The topological polar surface area (TPSA) is 341 Å². The number of hydrogen-bond donors (Lipinski definition) is 8. The number of aliphatic hydroxyl groups is 4. The Bertz CT molecular complexity index is 2030. The summed E-state index contributed by atoms with van der Waals surface area (Å²) in [4.78, 5) is 49.4. The zero-order valence-corrected chi connectivity index (χ0v) is 41.8. The van der Waals surface area contributed by atoms with Crippen molar-refractivity contribution in [2.75, 3.05) is 99.5 Å². The molecular formula is C47H75N9O17. The number of ether oxygens (including phenoxy) is 8. The summed E-state index contributed by atoms with van der Waals surface area (Å²) >= 11 is 0. The number of nitrogens with zero attached hydrogens (tertiary/aromatic N) is 6. The lowest BCUT2D eigenvalue weighted by Crippen LogP contribution is -2.68. The number of carboxylic acids is 1. The van der Waals surface area contributed by atoms with Crippen LogP contribution in [0.25, 0.3) is 11.3 Å². The van der Waals surface area contributed by atoms with Gasteiger partial charge < -0.3 is 79.4 Å². The minimum absolute atomic E-state index is 0.0214. The highest BCUT2D eigenvalue weighted by Gasteiger charge is 2.55. The normalized spacial score (nSPS) is 18.6. The fourth-order valence-electron chi connectivity index (χ4n) is 7.32. The van der Waals surface area contributed by atoms with Crippen LogP contribution in [0, 0.1) is 0 Å². The van der Waals surface area contributed by atoms with Gasteiger partial charge in [-0.25, -0.2) is 9.48 Å². The van der Waals surface area contributed by atoms with Crippen molar-refractivity contribution >= 4 is 23.7 Å². The SMILES string of the molecule is CCCNC(=O)CCOCCOCCOCCOCCn1cc(-c2ccc(CC(=O)NC[C@@H](O)[C@@H](O)[C@@H]3O[C@@](OCCCCCCn4cc(COCCOC)nn4)(C(=O)O)C[C@H](O)[C@H]3NC(=O)CO)cc2)nn1. The highest BCUT2D eigenvalue weighted by atomic mass is 16.7. The van der Waals surface area contributed by atoms with E-state index in [-0.39, 0.29) is 18.9 Å². The van der Waals surface area contributed by atoms with Gasteiger partial charge in [0.05, 0.1) is 123 Å². The fraction of sp³-hybridized carbons (Fsp3) is 0.702. The second kappa shape index (κ2) is 34.4. The molecule has 3 heterocycles. The Morgan fingerprint density at radius 2 is 1.44 bits per heavy atom. The van der Waals surface area contributed by atoms with Gasteiger partial charge in [-0.15, -0.1) is 10.2 Å². The summed E-state index contributed by atoms with van der Waals surface area (Å²) in [7, 11) is 1.59. The van der Waals surface area contributed by atoms with E-state index in [0.717, 1.165) is 24.8 Å². The van der Waals surface area contributed by atoms with Crippen LogP contribution in [0.3, 0.4) is 0 Å². The molecule has 1 aromatic carbocycles. The van der Waals surface area contributed by atoms with Gasteiger partial charge in [-0.05, 0) is 24.8 Å². The van der Waals surface area contributed by atoms with Crippen LogP contribution in [0.4, 0.5) is 0 Å².